The summed E-state index contributed by atoms with van der Waals surface area (Å²) in [5.41, 5.74) is 0.00368. The van der Waals surface area contributed by atoms with E-state index >= 15 is 0 Å². The molecule has 0 aromatic heterocycles. The Hall–Kier alpha value is -0.570. The Morgan fingerprint density at radius 2 is 2.00 bits per heavy atom. The van der Waals surface area contributed by atoms with Crippen molar-refractivity contribution in [2.75, 3.05) is 6.54 Å². The third-order valence-corrected chi connectivity index (χ3v) is 1.36. The molecule has 1 atom stereocenters. The molecule has 0 aromatic carbocycles. The van der Waals surface area contributed by atoms with E-state index in [1.807, 2.05) is 20.8 Å². The Labute approximate surface area is 67.8 Å². The minimum atomic E-state index is -0.748. The van der Waals surface area contributed by atoms with Crippen LogP contribution >= 0.6 is 0 Å². The predicted molar refractivity (Wildman–Crippen MR) is 44.6 cm³/mol. The molecule has 0 spiro atoms. The monoisotopic (exact) mass is 159 g/mol. The van der Waals surface area contributed by atoms with Crippen LogP contribution in [0.4, 0.5) is 0 Å². The van der Waals surface area contributed by atoms with Crippen LogP contribution in [0.25, 0.3) is 0 Å². The van der Waals surface area contributed by atoms with Gasteiger partial charge in [-0.1, -0.05) is 6.92 Å². The molecule has 0 bridgehead atoms. The van der Waals surface area contributed by atoms with E-state index in [9.17, 15) is 4.79 Å². The first-order valence-electron chi connectivity index (χ1n) is 3.81. The molecular formula is C8H17NO2. The Bertz CT molecular complexity index is 138. The quantitative estimate of drug-likeness (QED) is 0.648. The van der Waals surface area contributed by atoms with E-state index in [2.05, 4.69) is 5.32 Å². The zero-order valence-corrected chi connectivity index (χ0v) is 7.64. The SMILES string of the molecule is CC(CNC(C)(C)C)C(=O)O. The van der Waals surface area contributed by atoms with E-state index in [4.69, 9.17) is 5.11 Å². The van der Waals surface area contributed by atoms with Gasteiger partial charge in [0.25, 0.3) is 0 Å². The molecule has 0 aliphatic rings. The van der Waals surface area contributed by atoms with Crippen LogP contribution in [0.1, 0.15) is 27.7 Å². The highest BCUT2D eigenvalue weighted by atomic mass is 16.4. The van der Waals surface area contributed by atoms with E-state index in [0.717, 1.165) is 0 Å². The van der Waals surface area contributed by atoms with Crippen LogP contribution in [0.2, 0.25) is 0 Å². The van der Waals surface area contributed by atoms with Gasteiger partial charge in [0.15, 0.2) is 0 Å². The molecule has 0 aliphatic heterocycles. The number of carboxylic acids is 1. The minimum Gasteiger partial charge on any atom is -0.481 e. The fraction of sp³-hybridized carbons (Fsp3) is 0.875. The van der Waals surface area contributed by atoms with E-state index in [1.165, 1.54) is 0 Å². The Morgan fingerprint density at radius 3 is 2.27 bits per heavy atom. The van der Waals surface area contributed by atoms with Crippen molar-refractivity contribution in [3.8, 4) is 0 Å². The summed E-state index contributed by atoms with van der Waals surface area (Å²) in [6.45, 7) is 8.27. The van der Waals surface area contributed by atoms with Gasteiger partial charge in [0.05, 0.1) is 5.92 Å². The van der Waals surface area contributed by atoms with Gasteiger partial charge in [0.1, 0.15) is 0 Å². The summed E-state index contributed by atoms with van der Waals surface area (Å²) in [7, 11) is 0. The molecule has 0 saturated carbocycles. The Kier molecular flexibility index (Phi) is 3.52. The number of nitrogens with one attached hydrogen (secondary N) is 1. The summed E-state index contributed by atoms with van der Waals surface area (Å²) in [6.07, 6.45) is 0. The molecule has 3 nitrogen and oxygen atoms in total. The second kappa shape index (κ2) is 3.72. The van der Waals surface area contributed by atoms with Gasteiger partial charge in [-0.2, -0.15) is 0 Å². The van der Waals surface area contributed by atoms with E-state index in [-0.39, 0.29) is 11.5 Å². The van der Waals surface area contributed by atoms with Crippen molar-refractivity contribution in [2.24, 2.45) is 5.92 Å². The van der Waals surface area contributed by atoms with Gasteiger partial charge < -0.3 is 10.4 Å². The van der Waals surface area contributed by atoms with Crippen molar-refractivity contribution < 1.29 is 9.90 Å². The van der Waals surface area contributed by atoms with E-state index in [1.54, 1.807) is 6.92 Å². The summed E-state index contributed by atoms with van der Waals surface area (Å²) in [5, 5.41) is 11.7. The van der Waals surface area contributed by atoms with Crippen molar-refractivity contribution in [2.45, 2.75) is 33.2 Å². The van der Waals surface area contributed by atoms with Crippen LogP contribution in [0.3, 0.4) is 0 Å². The Balaban J connectivity index is 3.63. The highest BCUT2D eigenvalue weighted by Gasteiger charge is 2.14. The summed E-state index contributed by atoms with van der Waals surface area (Å²) >= 11 is 0. The molecule has 0 saturated heterocycles. The normalized spacial score (nSPS) is 14.5. The minimum absolute atomic E-state index is 0.00368. The van der Waals surface area contributed by atoms with Gasteiger partial charge >= 0.3 is 5.97 Å². The maximum atomic E-state index is 10.4. The zero-order valence-electron chi connectivity index (χ0n) is 7.64. The summed E-state index contributed by atoms with van der Waals surface area (Å²) in [4.78, 5) is 10.4. The largest absolute Gasteiger partial charge is 0.481 e. The summed E-state index contributed by atoms with van der Waals surface area (Å²) in [5.74, 6) is -1.06. The van der Waals surface area contributed by atoms with E-state index in [0.29, 0.717) is 6.54 Å². The lowest BCUT2D eigenvalue weighted by Crippen LogP contribution is -2.40. The fourth-order valence-electron chi connectivity index (χ4n) is 0.547. The molecule has 1 unspecified atom stereocenters. The number of hydrogen-bond donors (Lipinski definition) is 2. The maximum Gasteiger partial charge on any atom is 0.307 e. The third kappa shape index (κ3) is 5.85. The Morgan fingerprint density at radius 1 is 1.55 bits per heavy atom. The summed E-state index contributed by atoms with van der Waals surface area (Å²) < 4.78 is 0. The van der Waals surface area contributed by atoms with Crippen molar-refractivity contribution in [1.29, 1.82) is 0 Å². The standard InChI is InChI=1S/C8H17NO2/c1-6(7(10)11)5-9-8(2,3)4/h6,9H,5H2,1-4H3,(H,10,11). The molecule has 3 heteroatoms. The smallest absolute Gasteiger partial charge is 0.307 e. The first kappa shape index (κ1) is 10.4. The molecular weight excluding hydrogens is 142 g/mol. The lowest BCUT2D eigenvalue weighted by atomic mass is 10.1. The maximum absolute atomic E-state index is 10.4. The lowest BCUT2D eigenvalue weighted by molar-refractivity contribution is -0.141. The molecule has 0 radical (unpaired) electrons. The average molecular weight is 159 g/mol. The van der Waals surface area contributed by atoms with Crippen LogP contribution in [-0.2, 0) is 4.79 Å². The molecule has 2 N–H and O–H groups in total. The fourth-order valence-corrected chi connectivity index (χ4v) is 0.547. The number of rotatable bonds is 3. The first-order valence-corrected chi connectivity index (χ1v) is 3.81. The van der Waals surface area contributed by atoms with Gasteiger partial charge in [0.2, 0.25) is 0 Å². The predicted octanol–water partition coefficient (Wildman–Crippen LogP) is 1.10. The van der Waals surface area contributed by atoms with Crippen LogP contribution < -0.4 is 5.32 Å². The molecule has 0 aliphatic carbocycles. The molecule has 66 valence electrons. The van der Waals surface area contributed by atoms with Gasteiger partial charge in [-0.15, -0.1) is 0 Å². The molecule has 0 aromatic rings. The first-order chi connectivity index (χ1) is 4.83. The third-order valence-electron chi connectivity index (χ3n) is 1.36. The number of aliphatic carboxylic acids is 1. The second-order valence-electron chi connectivity index (χ2n) is 3.87. The number of hydrogen-bond acceptors (Lipinski definition) is 2. The van der Waals surface area contributed by atoms with Gasteiger partial charge in [-0.25, -0.2) is 0 Å². The highest BCUT2D eigenvalue weighted by molar-refractivity contribution is 5.69. The van der Waals surface area contributed by atoms with Crippen molar-refractivity contribution in [3.05, 3.63) is 0 Å². The van der Waals surface area contributed by atoms with Gasteiger partial charge in [-0.3, -0.25) is 4.79 Å². The zero-order chi connectivity index (χ0) is 9.07. The molecule has 0 heterocycles. The van der Waals surface area contributed by atoms with Crippen molar-refractivity contribution >= 4 is 5.97 Å². The molecule has 11 heavy (non-hydrogen) atoms. The summed E-state index contributed by atoms with van der Waals surface area (Å²) in [6, 6.07) is 0. The van der Waals surface area contributed by atoms with Crippen molar-refractivity contribution in [3.63, 3.8) is 0 Å². The van der Waals surface area contributed by atoms with E-state index < -0.39 is 5.97 Å². The highest BCUT2D eigenvalue weighted by Crippen LogP contribution is 2.00. The topological polar surface area (TPSA) is 49.3 Å². The average Bonchev–Trinajstić information content (AvgIpc) is 1.80. The lowest BCUT2D eigenvalue weighted by Gasteiger charge is -2.21. The second-order valence-corrected chi connectivity index (χ2v) is 3.87. The molecule has 0 fully saturated rings. The van der Waals surface area contributed by atoms with Gasteiger partial charge in [0, 0.05) is 12.1 Å². The van der Waals surface area contributed by atoms with Crippen LogP contribution in [0.5, 0.6) is 0 Å². The number of carboxylic acid groups (broad SMARTS) is 1. The van der Waals surface area contributed by atoms with Gasteiger partial charge in [-0.05, 0) is 20.8 Å². The van der Waals surface area contributed by atoms with Crippen molar-refractivity contribution in [1.82, 2.24) is 5.32 Å². The van der Waals surface area contributed by atoms with Crippen LogP contribution in [-0.4, -0.2) is 23.2 Å². The number of carbonyl (C=O) groups is 1. The molecule has 0 rings (SSSR count). The molecule has 0 amide bonds. The van der Waals surface area contributed by atoms with Crippen LogP contribution in [0, 0.1) is 5.92 Å². The van der Waals surface area contributed by atoms with Crippen LogP contribution in [0.15, 0.2) is 0 Å².